The van der Waals surface area contributed by atoms with Gasteiger partial charge in [0, 0.05) is 5.56 Å². The van der Waals surface area contributed by atoms with Crippen LogP contribution >= 0.6 is 0 Å². The van der Waals surface area contributed by atoms with E-state index in [1.54, 1.807) is 67.7 Å². The summed E-state index contributed by atoms with van der Waals surface area (Å²) in [6.07, 6.45) is 0. The smallest absolute Gasteiger partial charge is 0.343 e. The van der Waals surface area contributed by atoms with Crippen molar-refractivity contribution in [3.63, 3.8) is 0 Å². The molecule has 0 fully saturated rings. The monoisotopic (exact) mass is 389 g/mol. The normalized spacial score (nSPS) is 10.2. The molecule has 0 aliphatic heterocycles. The minimum Gasteiger partial charge on any atom is -0.419 e. The molecule has 3 rings (SSSR count). The van der Waals surface area contributed by atoms with Crippen LogP contribution in [0.15, 0.2) is 78.9 Å². The molecular formula is C23H19NO5. The third-order valence-electron chi connectivity index (χ3n) is 4.03. The van der Waals surface area contributed by atoms with Crippen LogP contribution in [0.4, 0.5) is 0 Å². The van der Waals surface area contributed by atoms with Crippen molar-refractivity contribution < 1.29 is 23.9 Å². The van der Waals surface area contributed by atoms with Crippen molar-refractivity contribution in [2.45, 2.75) is 0 Å². The fourth-order valence-corrected chi connectivity index (χ4v) is 2.57. The van der Waals surface area contributed by atoms with Gasteiger partial charge in [-0.2, -0.15) is 0 Å². The first-order valence-corrected chi connectivity index (χ1v) is 8.95. The molecule has 0 aromatic heterocycles. The van der Waals surface area contributed by atoms with Crippen LogP contribution in [0.2, 0.25) is 0 Å². The number of ketones is 1. The van der Waals surface area contributed by atoms with Gasteiger partial charge in [0.05, 0.1) is 17.7 Å². The number of likely N-dealkylation sites (N-methyl/N-ethyl adjacent to an activating group) is 1. The Morgan fingerprint density at radius 3 is 1.72 bits per heavy atom. The van der Waals surface area contributed by atoms with E-state index >= 15 is 0 Å². The van der Waals surface area contributed by atoms with Gasteiger partial charge in [0.2, 0.25) is 0 Å². The van der Waals surface area contributed by atoms with Crippen LogP contribution < -0.4 is 14.8 Å². The highest BCUT2D eigenvalue weighted by molar-refractivity contribution is 5.99. The minimum atomic E-state index is -0.624. The predicted octanol–water partition coefficient (Wildman–Crippen LogP) is 3.53. The third-order valence-corrected chi connectivity index (χ3v) is 4.03. The fourth-order valence-electron chi connectivity index (χ4n) is 2.57. The number of carbonyl (C=O) groups excluding carboxylic acids is 3. The van der Waals surface area contributed by atoms with Crippen LogP contribution in [-0.4, -0.2) is 31.3 Å². The van der Waals surface area contributed by atoms with Crippen molar-refractivity contribution >= 4 is 17.7 Å². The Balaban J connectivity index is 1.91. The van der Waals surface area contributed by atoms with Crippen LogP contribution in [0.1, 0.15) is 31.1 Å². The van der Waals surface area contributed by atoms with Gasteiger partial charge in [-0.25, -0.2) is 9.59 Å². The standard InChI is InChI=1S/C23H19NO5/c1-24-15-19(25)18-12-13-20(28-22(26)16-8-4-2-5-9-16)21(14-18)29-23(27)17-10-6-3-7-11-17/h2-14,24H,15H2,1H3. The molecule has 0 amide bonds. The Kier molecular flexibility index (Phi) is 6.50. The van der Waals surface area contributed by atoms with Crippen LogP contribution in [0.25, 0.3) is 0 Å². The predicted molar refractivity (Wildman–Crippen MR) is 108 cm³/mol. The lowest BCUT2D eigenvalue weighted by Gasteiger charge is -2.12. The zero-order chi connectivity index (χ0) is 20.6. The summed E-state index contributed by atoms with van der Waals surface area (Å²) in [5.74, 6) is -1.38. The SMILES string of the molecule is CNCC(=O)c1ccc(OC(=O)c2ccccc2)c(OC(=O)c2ccccc2)c1. The summed E-state index contributed by atoms with van der Waals surface area (Å²) in [6, 6.07) is 21.2. The lowest BCUT2D eigenvalue weighted by atomic mass is 10.1. The quantitative estimate of drug-likeness (QED) is 0.378. The molecule has 0 radical (unpaired) electrons. The molecule has 0 saturated heterocycles. The summed E-state index contributed by atoms with van der Waals surface area (Å²) in [5.41, 5.74) is 1.01. The van der Waals surface area contributed by atoms with Gasteiger partial charge in [0.15, 0.2) is 17.3 Å². The molecule has 3 aromatic rings. The summed E-state index contributed by atoms with van der Waals surface area (Å²) in [4.78, 5) is 37.1. The van der Waals surface area contributed by atoms with Gasteiger partial charge < -0.3 is 14.8 Å². The first-order valence-electron chi connectivity index (χ1n) is 8.95. The van der Waals surface area contributed by atoms with Gasteiger partial charge in [0.1, 0.15) is 0 Å². The Hall–Kier alpha value is -3.77. The highest BCUT2D eigenvalue weighted by Gasteiger charge is 2.18. The van der Waals surface area contributed by atoms with E-state index < -0.39 is 11.9 Å². The van der Waals surface area contributed by atoms with Crippen molar-refractivity contribution in [3.8, 4) is 11.5 Å². The van der Waals surface area contributed by atoms with Crippen molar-refractivity contribution in [1.82, 2.24) is 5.32 Å². The number of hydrogen-bond acceptors (Lipinski definition) is 6. The topological polar surface area (TPSA) is 81.7 Å². The first-order chi connectivity index (χ1) is 14.1. The molecule has 29 heavy (non-hydrogen) atoms. The van der Waals surface area contributed by atoms with Gasteiger partial charge in [-0.3, -0.25) is 4.79 Å². The van der Waals surface area contributed by atoms with E-state index in [0.29, 0.717) is 16.7 Å². The average molecular weight is 389 g/mol. The summed E-state index contributed by atoms with van der Waals surface area (Å²) in [7, 11) is 1.66. The minimum absolute atomic E-state index is 0.00918. The van der Waals surface area contributed by atoms with E-state index in [1.165, 1.54) is 18.2 Å². The number of esters is 2. The van der Waals surface area contributed by atoms with Crippen LogP contribution in [0, 0.1) is 0 Å². The van der Waals surface area contributed by atoms with Gasteiger partial charge in [-0.05, 0) is 49.5 Å². The highest BCUT2D eigenvalue weighted by atomic mass is 16.6. The number of rotatable bonds is 7. The van der Waals surface area contributed by atoms with E-state index in [1.807, 2.05) is 0 Å². The van der Waals surface area contributed by atoms with Gasteiger partial charge in [-0.1, -0.05) is 36.4 Å². The Morgan fingerprint density at radius 2 is 1.21 bits per heavy atom. The molecule has 0 atom stereocenters. The average Bonchev–Trinajstić information content (AvgIpc) is 2.76. The van der Waals surface area contributed by atoms with Gasteiger partial charge in [0.25, 0.3) is 0 Å². The van der Waals surface area contributed by atoms with Crippen LogP contribution in [0.5, 0.6) is 11.5 Å². The number of nitrogens with one attached hydrogen (secondary N) is 1. The molecule has 0 unspecified atom stereocenters. The molecule has 6 nitrogen and oxygen atoms in total. The number of carbonyl (C=O) groups is 3. The molecule has 0 bridgehead atoms. The van der Waals surface area contributed by atoms with Gasteiger partial charge in [-0.15, -0.1) is 0 Å². The van der Waals surface area contributed by atoms with Crippen molar-refractivity contribution in [1.29, 1.82) is 0 Å². The van der Waals surface area contributed by atoms with Crippen molar-refractivity contribution in [2.75, 3.05) is 13.6 Å². The van der Waals surface area contributed by atoms with Crippen molar-refractivity contribution in [3.05, 3.63) is 95.6 Å². The Morgan fingerprint density at radius 1 is 0.690 bits per heavy atom. The maximum Gasteiger partial charge on any atom is 0.343 e. The zero-order valence-corrected chi connectivity index (χ0v) is 15.8. The second kappa shape index (κ2) is 9.43. The molecular weight excluding hydrogens is 370 g/mol. The second-order valence-corrected chi connectivity index (χ2v) is 6.13. The molecule has 0 spiro atoms. The third kappa shape index (κ3) is 5.15. The van der Waals surface area contributed by atoms with E-state index in [-0.39, 0.29) is 23.8 Å². The molecule has 3 aromatic carbocycles. The lowest BCUT2D eigenvalue weighted by Crippen LogP contribution is -2.19. The largest absolute Gasteiger partial charge is 0.419 e. The number of Topliss-reactive ketones (excluding diaryl/α,β-unsaturated/α-hetero) is 1. The van der Waals surface area contributed by atoms with E-state index in [0.717, 1.165) is 0 Å². The van der Waals surface area contributed by atoms with Crippen molar-refractivity contribution in [2.24, 2.45) is 0 Å². The van der Waals surface area contributed by atoms with Crippen LogP contribution in [-0.2, 0) is 0 Å². The molecule has 0 saturated carbocycles. The lowest BCUT2D eigenvalue weighted by molar-refractivity contribution is 0.0682. The van der Waals surface area contributed by atoms with E-state index in [4.69, 9.17) is 9.47 Å². The first kappa shape index (κ1) is 20.0. The summed E-state index contributed by atoms with van der Waals surface area (Å²) >= 11 is 0. The maximum absolute atomic E-state index is 12.5. The maximum atomic E-state index is 12.5. The molecule has 0 aliphatic carbocycles. The zero-order valence-electron chi connectivity index (χ0n) is 15.8. The van der Waals surface area contributed by atoms with E-state index in [2.05, 4.69) is 5.32 Å². The number of ether oxygens (including phenoxy) is 2. The Bertz CT molecular complexity index is 1020. The number of benzene rings is 3. The number of hydrogen-bond donors (Lipinski definition) is 1. The highest BCUT2D eigenvalue weighted by Crippen LogP contribution is 2.30. The van der Waals surface area contributed by atoms with E-state index in [9.17, 15) is 14.4 Å². The summed E-state index contributed by atoms with van der Waals surface area (Å²) < 4.78 is 10.9. The fraction of sp³-hybridized carbons (Fsp3) is 0.0870. The summed E-state index contributed by atoms with van der Waals surface area (Å²) in [5, 5.41) is 2.78. The van der Waals surface area contributed by atoms with Gasteiger partial charge >= 0.3 is 11.9 Å². The molecule has 1 N–H and O–H groups in total. The molecule has 0 heterocycles. The molecule has 146 valence electrons. The molecule has 0 aliphatic rings. The molecule has 6 heteroatoms. The summed E-state index contributed by atoms with van der Waals surface area (Å²) in [6.45, 7) is 0.120. The van der Waals surface area contributed by atoms with Crippen LogP contribution in [0.3, 0.4) is 0 Å². The second-order valence-electron chi connectivity index (χ2n) is 6.13. The Labute approximate surface area is 168 Å².